The Morgan fingerprint density at radius 2 is 2.06 bits per heavy atom. The summed E-state index contributed by atoms with van der Waals surface area (Å²) in [5.74, 6) is -0.800. The van der Waals surface area contributed by atoms with Crippen LogP contribution in [0.4, 0.5) is 0 Å². The highest BCUT2D eigenvalue weighted by atomic mass is 16.6. The first-order chi connectivity index (χ1) is 8.20. The molecule has 2 fully saturated rings. The first-order valence-corrected chi connectivity index (χ1v) is 6.58. The van der Waals surface area contributed by atoms with E-state index in [1.807, 2.05) is 0 Å². The van der Waals surface area contributed by atoms with Gasteiger partial charge in [0.1, 0.15) is 0 Å². The van der Waals surface area contributed by atoms with Crippen LogP contribution < -0.4 is 0 Å². The zero-order chi connectivity index (χ0) is 12.3. The Bertz CT molecular complexity index is 313. The van der Waals surface area contributed by atoms with Crippen molar-refractivity contribution in [2.45, 2.75) is 51.4 Å². The first-order valence-electron chi connectivity index (χ1n) is 6.58. The number of esters is 2. The lowest BCUT2D eigenvalue weighted by molar-refractivity contribution is -0.155. The van der Waals surface area contributed by atoms with E-state index >= 15 is 0 Å². The van der Waals surface area contributed by atoms with Crippen molar-refractivity contribution in [3.63, 3.8) is 0 Å². The Morgan fingerprint density at radius 1 is 1.24 bits per heavy atom. The van der Waals surface area contributed by atoms with Crippen molar-refractivity contribution < 1.29 is 19.4 Å². The first kappa shape index (κ1) is 12.6. The number of cyclic esters (lactones) is 2. The van der Waals surface area contributed by atoms with E-state index < -0.39 is 5.41 Å². The van der Waals surface area contributed by atoms with E-state index in [1.54, 1.807) is 0 Å². The maximum absolute atomic E-state index is 11.9. The lowest BCUT2D eigenvalue weighted by atomic mass is 9.65. The fourth-order valence-electron chi connectivity index (χ4n) is 3.22. The van der Waals surface area contributed by atoms with Crippen molar-refractivity contribution >= 4 is 11.9 Å². The highest BCUT2D eigenvalue weighted by molar-refractivity contribution is 5.99. The molecule has 1 N–H and O–H groups in total. The topological polar surface area (TPSA) is 63.6 Å². The molecule has 0 aromatic heterocycles. The third-order valence-corrected chi connectivity index (χ3v) is 4.20. The summed E-state index contributed by atoms with van der Waals surface area (Å²) in [5, 5.41) is 8.74. The van der Waals surface area contributed by atoms with Crippen LogP contribution in [0, 0.1) is 11.3 Å². The van der Waals surface area contributed by atoms with Gasteiger partial charge in [-0.3, -0.25) is 9.59 Å². The number of rotatable bonds is 5. The molecule has 4 nitrogen and oxygen atoms in total. The largest absolute Gasteiger partial charge is 0.396 e. The highest BCUT2D eigenvalue weighted by Crippen LogP contribution is 2.50. The van der Waals surface area contributed by atoms with E-state index in [2.05, 4.69) is 0 Å². The van der Waals surface area contributed by atoms with Crippen molar-refractivity contribution in [3.8, 4) is 0 Å². The lowest BCUT2D eigenvalue weighted by Gasteiger charge is -2.33. The Labute approximate surface area is 101 Å². The van der Waals surface area contributed by atoms with Crippen LogP contribution in [0.25, 0.3) is 0 Å². The van der Waals surface area contributed by atoms with Gasteiger partial charge < -0.3 is 9.84 Å². The number of unbranched alkanes of at least 4 members (excludes halogenated alkanes) is 2. The van der Waals surface area contributed by atoms with Crippen LogP contribution >= 0.6 is 0 Å². The molecule has 0 aromatic rings. The fraction of sp³-hybridized carbons (Fsp3) is 0.846. The van der Waals surface area contributed by atoms with Gasteiger partial charge in [-0.05, 0) is 25.7 Å². The van der Waals surface area contributed by atoms with Gasteiger partial charge in [0.15, 0.2) is 0 Å². The monoisotopic (exact) mass is 240 g/mol. The predicted molar refractivity (Wildman–Crippen MR) is 61.0 cm³/mol. The second-order valence-corrected chi connectivity index (χ2v) is 5.20. The zero-order valence-corrected chi connectivity index (χ0v) is 10.1. The van der Waals surface area contributed by atoms with Crippen LogP contribution in [-0.2, 0) is 14.3 Å². The summed E-state index contributed by atoms with van der Waals surface area (Å²) < 4.78 is 4.84. The van der Waals surface area contributed by atoms with Crippen LogP contribution in [0.2, 0.25) is 0 Å². The number of aliphatic hydroxyl groups is 1. The summed E-state index contributed by atoms with van der Waals surface area (Å²) in [6.45, 7) is 0.194. The van der Waals surface area contributed by atoms with Crippen molar-refractivity contribution in [2.75, 3.05) is 6.61 Å². The molecule has 1 saturated heterocycles. The Morgan fingerprint density at radius 3 is 2.82 bits per heavy atom. The third-order valence-electron chi connectivity index (χ3n) is 4.20. The van der Waals surface area contributed by atoms with Crippen LogP contribution in [-0.4, -0.2) is 23.7 Å². The minimum atomic E-state index is -0.523. The number of ether oxygens (including phenoxy) is 1. The predicted octanol–water partition coefficient (Wildman–Crippen LogP) is 1.80. The normalized spacial score (nSPS) is 32.4. The molecule has 4 heteroatoms. The molecular weight excluding hydrogens is 220 g/mol. The van der Waals surface area contributed by atoms with Crippen molar-refractivity contribution in [3.05, 3.63) is 0 Å². The fourth-order valence-corrected chi connectivity index (χ4v) is 3.22. The van der Waals surface area contributed by atoms with Crippen molar-refractivity contribution in [1.29, 1.82) is 0 Å². The highest BCUT2D eigenvalue weighted by Gasteiger charge is 2.57. The number of hydrogen-bond donors (Lipinski definition) is 1. The molecule has 17 heavy (non-hydrogen) atoms. The molecule has 2 aliphatic rings. The molecule has 0 bridgehead atoms. The molecule has 2 atom stereocenters. The average Bonchev–Trinajstić information content (AvgIpc) is 2.58. The third kappa shape index (κ3) is 2.23. The second-order valence-electron chi connectivity index (χ2n) is 5.20. The molecule has 1 aliphatic heterocycles. The quantitative estimate of drug-likeness (QED) is 0.452. The minimum Gasteiger partial charge on any atom is -0.396 e. The Balaban J connectivity index is 2.02. The summed E-state index contributed by atoms with van der Waals surface area (Å²) in [6, 6.07) is 0. The van der Waals surface area contributed by atoms with Crippen LogP contribution in [0.3, 0.4) is 0 Å². The number of carbonyl (C=O) groups excluding carboxylic acids is 2. The molecule has 2 unspecified atom stereocenters. The van der Waals surface area contributed by atoms with Crippen molar-refractivity contribution in [1.82, 2.24) is 0 Å². The molecule has 0 spiro atoms. The number of carbonyl (C=O) groups is 2. The van der Waals surface area contributed by atoms with Gasteiger partial charge in [-0.2, -0.15) is 0 Å². The summed E-state index contributed by atoms with van der Waals surface area (Å²) >= 11 is 0. The van der Waals surface area contributed by atoms with E-state index in [9.17, 15) is 9.59 Å². The van der Waals surface area contributed by atoms with Gasteiger partial charge >= 0.3 is 11.9 Å². The van der Waals surface area contributed by atoms with Gasteiger partial charge in [0.25, 0.3) is 0 Å². The Kier molecular flexibility index (Phi) is 3.82. The summed E-state index contributed by atoms with van der Waals surface area (Å²) in [5.41, 5.74) is -0.523. The van der Waals surface area contributed by atoms with Gasteiger partial charge in [-0.15, -0.1) is 0 Å². The van der Waals surface area contributed by atoms with Gasteiger partial charge in [-0.25, -0.2) is 0 Å². The maximum Gasteiger partial charge on any atom is 0.320 e. The minimum absolute atomic E-state index is 0.194. The molecular formula is C13H20O4. The lowest BCUT2D eigenvalue weighted by Crippen LogP contribution is -2.36. The van der Waals surface area contributed by atoms with E-state index in [0.29, 0.717) is 0 Å². The van der Waals surface area contributed by atoms with Gasteiger partial charge in [-0.1, -0.05) is 25.7 Å². The molecule has 1 heterocycles. The zero-order valence-electron chi connectivity index (χ0n) is 10.1. The average molecular weight is 240 g/mol. The second kappa shape index (κ2) is 5.17. The van der Waals surface area contributed by atoms with Crippen LogP contribution in [0.1, 0.15) is 51.4 Å². The SMILES string of the molecule is O=C1OC(=O)C2(CCCCCO)CCCCC12. The van der Waals surface area contributed by atoms with E-state index in [1.165, 1.54) is 0 Å². The van der Waals surface area contributed by atoms with Crippen LogP contribution in [0.15, 0.2) is 0 Å². The molecule has 0 radical (unpaired) electrons. The van der Waals surface area contributed by atoms with Crippen molar-refractivity contribution in [2.24, 2.45) is 11.3 Å². The van der Waals surface area contributed by atoms with E-state index in [4.69, 9.17) is 9.84 Å². The van der Waals surface area contributed by atoms with E-state index in [-0.39, 0.29) is 24.5 Å². The number of hydrogen-bond acceptors (Lipinski definition) is 4. The molecule has 1 aliphatic carbocycles. The molecule has 2 rings (SSSR count). The summed E-state index contributed by atoms with van der Waals surface area (Å²) in [4.78, 5) is 23.5. The maximum atomic E-state index is 11.9. The molecule has 0 amide bonds. The summed E-state index contributed by atoms with van der Waals surface area (Å²) in [6.07, 6.45) is 6.92. The Hall–Kier alpha value is -0.900. The molecule has 1 saturated carbocycles. The summed E-state index contributed by atoms with van der Waals surface area (Å²) in [7, 11) is 0. The molecule has 96 valence electrons. The van der Waals surface area contributed by atoms with Gasteiger partial charge in [0.05, 0.1) is 11.3 Å². The number of aliphatic hydroxyl groups excluding tert-OH is 1. The molecule has 0 aromatic carbocycles. The smallest absolute Gasteiger partial charge is 0.320 e. The van der Waals surface area contributed by atoms with Gasteiger partial charge in [0, 0.05) is 6.61 Å². The standard InChI is InChI=1S/C13H20O4/c14-9-5-1-3-7-13-8-4-2-6-10(13)11(15)17-12(13)16/h10,14H,1-9H2. The number of fused-ring (bicyclic) bond motifs is 1. The van der Waals surface area contributed by atoms with Crippen LogP contribution in [0.5, 0.6) is 0 Å². The van der Waals surface area contributed by atoms with Gasteiger partial charge in [0.2, 0.25) is 0 Å². The van der Waals surface area contributed by atoms with E-state index in [0.717, 1.165) is 51.4 Å².